The van der Waals surface area contributed by atoms with E-state index in [-0.39, 0.29) is 6.42 Å². The lowest BCUT2D eigenvalue weighted by Gasteiger charge is -2.08. The fourth-order valence-electron chi connectivity index (χ4n) is 2.02. The molecule has 136 valence electrons. The summed E-state index contributed by atoms with van der Waals surface area (Å²) in [7, 11) is 1.28. The largest absolute Gasteiger partial charge is 0.465 e. The van der Waals surface area contributed by atoms with Crippen LogP contribution >= 0.6 is 23.2 Å². The molecule has 0 spiro atoms. The van der Waals surface area contributed by atoms with Crippen LogP contribution in [-0.4, -0.2) is 31.6 Å². The minimum Gasteiger partial charge on any atom is -0.465 e. The summed E-state index contributed by atoms with van der Waals surface area (Å²) < 4.78 is 9.51. The Morgan fingerprint density at radius 3 is 2.31 bits per heavy atom. The molecule has 26 heavy (non-hydrogen) atoms. The number of ether oxygens (including phenoxy) is 2. The van der Waals surface area contributed by atoms with Gasteiger partial charge in [-0.05, 0) is 42.0 Å². The summed E-state index contributed by atoms with van der Waals surface area (Å²) in [6.45, 7) is -0.432. The van der Waals surface area contributed by atoms with Gasteiger partial charge in [0.05, 0.1) is 29.1 Å². The van der Waals surface area contributed by atoms with Crippen LogP contribution in [-0.2, 0) is 25.5 Å². The zero-order chi connectivity index (χ0) is 19.1. The molecule has 0 aliphatic carbocycles. The quantitative estimate of drug-likeness (QED) is 0.756. The Morgan fingerprint density at radius 1 is 1.00 bits per heavy atom. The topological polar surface area (TPSA) is 81.7 Å². The van der Waals surface area contributed by atoms with Crippen LogP contribution in [0.1, 0.15) is 15.9 Å². The monoisotopic (exact) mass is 395 g/mol. The fraction of sp³-hybridized carbons (Fsp3) is 0.167. The van der Waals surface area contributed by atoms with Crippen molar-refractivity contribution < 1.29 is 23.9 Å². The van der Waals surface area contributed by atoms with Crippen molar-refractivity contribution in [3.8, 4) is 0 Å². The van der Waals surface area contributed by atoms with Gasteiger partial charge in [0, 0.05) is 5.69 Å². The molecular formula is C18H15Cl2NO5. The number of halogens is 2. The van der Waals surface area contributed by atoms with Crippen molar-refractivity contribution in [2.24, 2.45) is 0 Å². The van der Waals surface area contributed by atoms with Gasteiger partial charge in [-0.3, -0.25) is 9.59 Å². The average molecular weight is 396 g/mol. The molecule has 0 aliphatic heterocycles. The van der Waals surface area contributed by atoms with Crippen LogP contribution in [0.2, 0.25) is 10.0 Å². The molecule has 6 nitrogen and oxygen atoms in total. The van der Waals surface area contributed by atoms with Gasteiger partial charge >= 0.3 is 11.9 Å². The van der Waals surface area contributed by atoms with E-state index in [4.69, 9.17) is 27.9 Å². The maximum atomic E-state index is 11.8. The van der Waals surface area contributed by atoms with Crippen LogP contribution in [0.3, 0.4) is 0 Å². The van der Waals surface area contributed by atoms with Gasteiger partial charge in [-0.2, -0.15) is 0 Å². The van der Waals surface area contributed by atoms with Crippen LogP contribution in [0.4, 0.5) is 5.69 Å². The Bertz CT molecular complexity index is 821. The first-order valence-electron chi connectivity index (χ1n) is 7.47. The summed E-state index contributed by atoms with van der Waals surface area (Å²) in [6, 6.07) is 10.9. The first kappa shape index (κ1) is 19.8. The van der Waals surface area contributed by atoms with E-state index in [1.165, 1.54) is 19.2 Å². The zero-order valence-electron chi connectivity index (χ0n) is 13.8. The highest BCUT2D eigenvalue weighted by atomic mass is 35.5. The SMILES string of the molecule is COC(=O)c1ccc(NC(=O)COC(=O)Cc2ccc(Cl)c(Cl)c2)cc1. The van der Waals surface area contributed by atoms with Crippen molar-refractivity contribution in [1.29, 1.82) is 0 Å². The molecule has 2 rings (SSSR count). The van der Waals surface area contributed by atoms with Crippen LogP contribution in [0.25, 0.3) is 0 Å². The molecule has 0 saturated heterocycles. The molecule has 0 bridgehead atoms. The Morgan fingerprint density at radius 2 is 1.69 bits per heavy atom. The van der Waals surface area contributed by atoms with Crippen LogP contribution in [0, 0.1) is 0 Å². The number of methoxy groups -OCH3 is 1. The van der Waals surface area contributed by atoms with Gasteiger partial charge < -0.3 is 14.8 Å². The van der Waals surface area contributed by atoms with Crippen LogP contribution < -0.4 is 5.32 Å². The number of carbonyl (C=O) groups excluding carboxylic acids is 3. The second kappa shape index (κ2) is 9.22. The average Bonchev–Trinajstić information content (AvgIpc) is 2.63. The molecule has 0 radical (unpaired) electrons. The molecule has 0 unspecified atom stereocenters. The number of benzene rings is 2. The van der Waals surface area contributed by atoms with Gasteiger partial charge in [-0.25, -0.2) is 4.79 Å². The number of nitrogens with one attached hydrogen (secondary N) is 1. The second-order valence-corrected chi connectivity index (χ2v) is 6.02. The number of hydrogen-bond donors (Lipinski definition) is 1. The standard InChI is InChI=1S/C18H15Cl2NO5/c1-25-18(24)12-3-5-13(6-4-12)21-16(22)10-26-17(23)9-11-2-7-14(19)15(20)8-11/h2-8H,9-10H2,1H3,(H,21,22). The third-order valence-corrected chi connectivity index (χ3v) is 4.03. The summed E-state index contributed by atoms with van der Waals surface area (Å²) in [4.78, 5) is 34.9. The number of rotatable bonds is 6. The Kier molecular flexibility index (Phi) is 7.00. The van der Waals surface area contributed by atoms with E-state index in [1.807, 2.05) is 0 Å². The molecule has 0 aliphatic rings. The minimum absolute atomic E-state index is 0.0298. The third-order valence-electron chi connectivity index (χ3n) is 3.29. The summed E-state index contributed by atoms with van der Waals surface area (Å²) in [6.07, 6.45) is -0.0298. The Labute approximate surface area is 160 Å². The van der Waals surface area contributed by atoms with Gasteiger partial charge in [-0.1, -0.05) is 29.3 Å². The van der Waals surface area contributed by atoms with E-state index < -0.39 is 24.5 Å². The minimum atomic E-state index is -0.570. The van der Waals surface area contributed by atoms with Crippen molar-refractivity contribution in [1.82, 2.24) is 0 Å². The molecular weight excluding hydrogens is 381 g/mol. The zero-order valence-corrected chi connectivity index (χ0v) is 15.3. The maximum absolute atomic E-state index is 11.8. The first-order valence-corrected chi connectivity index (χ1v) is 8.22. The lowest BCUT2D eigenvalue weighted by atomic mass is 10.1. The summed E-state index contributed by atoms with van der Waals surface area (Å²) in [5.41, 5.74) is 1.45. The van der Waals surface area contributed by atoms with Crippen molar-refractivity contribution in [3.63, 3.8) is 0 Å². The molecule has 1 N–H and O–H groups in total. The van der Waals surface area contributed by atoms with Crippen molar-refractivity contribution in [2.75, 3.05) is 19.0 Å². The van der Waals surface area contributed by atoms with Crippen molar-refractivity contribution in [3.05, 3.63) is 63.6 Å². The molecule has 8 heteroatoms. The Balaban J connectivity index is 1.81. The molecule has 2 aromatic rings. The van der Waals surface area contributed by atoms with E-state index >= 15 is 0 Å². The molecule has 0 saturated carbocycles. The highest BCUT2D eigenvalue weighted by molar-refractivity contribution is 6.42. The van der Waals surface area contributed by atoms with E-state index in [2.05, 4.69) is 10.1 Å². The van der Waals surface area contributed by atoms with E-state index in [0.717, 1.165) is 0 Å². The third kappa shape index (κ3) is 5.75. The highest BCUT2D eigenvalue weighted by Crippen LogP contribution is 2.22. The van der Waals surface area contributed by atoms with Gasteiger partial charge in [-0.15, -0.1) is 0 Å². The number of amides is 1. The molecule has 0 atom stereocenters. The fourth-order valence-corrected chi connectivity index (χ4v) is 2.34. The normalized spacial score (nSPS) is 10.1. The second-order valence-electron chi connectivity index (χ2n) is 5.20. The molecule has 0 heterocycles. The van der Waals surface area contributed by atoms with Crippen molar-refractivity contribution >= 4 is 46.7 Å². The lowest BCUT2D eigenvalue weighted by Crippen LogP contribution is -2.21. The van der Waals surface area contributed by atoms with Crippen LogP contribution in [0.5, 0.6) is 0 Å². The van der Waals surface area contributed by atoms with E-state index in [0.29, 0.717) is 26.9 Å². The predicted molar refractivity (Wildman–Crippen MR) is 97.5 cm³/mol. The van der Waals surface area contributed by atoms with Gasteiger partial charge in [0.2, 0.25) is 0 Å². The van der Waals surface area contributed by atoms with Gasteiger partial charge in [0.25, 0.3) is 5.91 Å². The van der Waals surface area contributed by atoms with E-state index in [9.17, 15) is 14.4 Å². The number of hydrogen-bond acceptors (Lipinski definition) is 5. The van der Waals surface area contributed by atoms with Crippen LogP contribution in [0.15, 0.2) is 42.5 Å². The summed E-state index contributed by atoms with van der Waals surface area (Å²) in [5.74, 6) is -1.54. The van der Waals surface area contributed by atoms with Crippen molar-refractivity contribution in [2.45, 2.75) is 6.42 Å². The first-order chi connectivity index (χ1) is 12.4. The smallest absolute Gasteiger partial charge is 0.337 e. The number of esters is 2. The van der Waals surface area contributed by atoms with Gasteiger partial charge in [0.15, 0.2) is 6.61 Å². The maximum Gasteiger partial charge on any atom is 0.337 e. The molecule has 0 fully saturated rings. The van der Waals surface area contributed by atoms with E-state index in [1.54, 1.807) is 30.3 Å². The number of carbonyl (C=O) groups is 3. The summed E-state index contributed by atoms with van der Waals surface area (Å²) in [5, 5.41) is 3.28. The number of anilines is 1. The predicted octanol–water partition coefficient (Wildman–Crippen LogP) is 3.50. The van der Waals surface area contributed by atoms with Gasteiger partial charge in [0.1, 0.15) is 0 Å². The molecule has 0 aromatic heterocycles. The molecule has 1 amide bonds. The lowest BCUT2D eigenvalue weighted by molar-refractivity contribution is -0.146. The summed E-state index contributed by atoms with van der Waals surface area (Å²) >= 11 is 11.7. The Hall–Kier alpha value is -2.57. The molecule has 2 aromatic carbocycles. The highest BCUT2D eigenvalue weighted by Gasteiger charge is 2.11.